The third kappa shape index (κ3) is 5.47. The first kappa shape index (κ1) is 17.7. The van der Waals surface area contributed by atoms with Crippen molar-refractivity contribution in [3.8, 4) is 0 Å². The zero-order valence-corrected chi connectivity index (χ0v) is 13.5. The fourth-order valence-electron chi connectivity index (χ4n) is 2.10. The molecule has 0 aliphatic carbocycles. The average molecular weight is 312 g/mol. The number of unbranched alkanes of at least 4 members (excludes halogenated alkanes) is 3. The maximum atomic E-state index is 12.2. The van der Waals surface area contributed by atoms with Gasteiger partial charge in [0.2, 0.25) is 10.0 Å². The van der Waals surface area contributed by atoms with E-state index in [0.29, 0.717) is 18.5 Å². The number of primary sulfonamides is 1. The molecular weight excluding hydrogens is 288 g/mol. The normalized spacial score (nSPS) is 11.4. The number of aryl methyl sites for hydroxylation is 1. The van der Waals surface area contributed by atoms with Gasteiger partial charge in [-0.15, -0.1) is 0 Å². The van der Waals surface area contributed by atoms with Crippen LogP contribution in [0.4, 0.5) is 0 Å². The largest absolute Gasteiger partial charge is 0.352 e. The molecule has 0 radical (unpaired) electrons. The first-order valence-corrected chi connectivity index (χ1v) is 8.88. The lowest BCUT2D eigenvalue weighted by atomic mass is 10.0. The molecule has 1 aromatic carbocycles. The predicted octanol–water partition coefficient (Wildman–Crippen LogP) is 2.21. The molecule has 118 valence electrons. The number of nitrogens with two attached hydrogens (primary N) is 1. The molecule has 5 nitrogen and oxygen atoms in total. The second kappa shape index (κ2) is 8.14. The molecule has 1 amide bonds. The Morgan fingerprint density at radius 3 is 2.48 bits per heavy atom. The van der Waals surface area contributed by atoms with E-state index >= 15 is 0 Å². The lowest BCUT2D eigenvalue weighted by Crippen LogP contribution is -2.26. The van der Waals surface area contributed by atoms with E-state index in [1.807, 2.05) is 6.92 Å². The molecule has 3 N–H and O–H groups in total. The lowest BCUT2D eigenvalue weighted by Gasteiger charge is -2.10. The highest BCUT2D eigenvalue weighted by atomic mass is 32.2. The van der Waals surface area contributed by atoms with Gasteiger partial charge in [0.1, 0.15) is 0 Å². The SMILES string of the molecule is CCCCCCNC(=O)c1cc(S(N)(=O)=O)ccc1CC. The summed E-state index contributed by atoms with van der Waals surface area (Å²) in [5.74, 6) is -0.242. The Balaban J connectivity index is 2.82. The van der Waals surface area contributed by atoms with E-state index in [2.05, 4.69) is 12.2 Å². The quantitative estimate of drug-likeness (QED) is 0.721. The Labute approximate surface area is 127 Å². The molecule has 0 unspecified atom stereocenters. The van der Waals surface area contributed by atoms with Crippen LogP contribution in [0.2, 0.25) is 0 Å². The van der Waals surface area contributed by atoms with E-state index < -0.39 is 10.0 Å². The highest BCUT2D eigenvalue weighted by molar-refractivity contribution is 7.89. The van der Waals surface area contributed by atoms with Gasteiger partial charge in [0.15, 0.2) is 0 Å². The Kier molecular flexibility index (Phi) is 6.84. The molecule has 1 rings (SSSR count). The number of benzene rings is 1. The molecule has 0 heterocycles. The molecule has 0 fully saturated rings. The number of nitrogens with one attached hydrogen (secondary N) is 1. The van der Waals surface area contributed by atoms with Gasteiger partial charge in [-0.1, -0.05) is 39.2 Å². The van der Waals surface area contributed by atoms with Crippen molar-refractivity contribution in [2.45, 2.75) is 50.8 Å². The summed E-state index contributed by atoms with van der Waals surface area (Å²) >= 11 is 0. The maximum absolute atomic E-state index is 12.2. The Morgan fingerprint density at radius 2 is 1.90 bits per heavy atom. The molecule has 1 aromatic rings. The second-order valence-corrected chi connectivity index (χ2v) is 6.60. The van der Waals surface area contributed by atoms with Crippen molar-refractivity contribution in [1.29, 1.82) is 0 Å². The summed E-state index contributed by atoms with van der Waals surface area (Å²) in [4.78, 5) is 12.2. The molecule has 0 aliphatic heterocycles. The van der Waals surface area contributed by atoms with E-state index in [4.69, 9.17) is 5.14 Å². The van der Waals surface area contributed by atoms with Gasteiger partial charge in [0.25, 0.3) is 5.91 Å². The van der Waals surface area contributed by atoms with E-state index in [-0.39, 0.29) is 10.8 Å². The van der Waals surface area contributed by atoms with Crippen LogP contribution in [-0.4, -0.2) is 20.9 Å². The van der Waals surface area contributed by atoms with Gasteiger partial charge in [-0.25, -0.2) is 13.6 Å². The number of hydrogen-bond acceptors (Lipinski definition) is 3. The van der Waals surface area contributed by atoms with Crippen LogP contribution in [0.3, 0.4) is 0 Å². The van der Waals surface area contributed by atoms with E-state index in [1.54, 1.807) is 6.07 Å². The third-order valence-electron chi connectivity index (χ3n) is 3.35. The molecular formula is C15H24N2O3S. The number of carbonyl (C=O) groups excluding carboxylic acids is 1. The zero-order chi connectivity index (χ0) is 15.9. The highest BCUT2D eigenvalue weighted by Gasteiger charge is 2.15. The molecule has 6 heteroatoms. The summed E-state index contributed by atoms with van der Waals surface area (Å²) in [7, 11) is -3.80. The van der Waals surface area contributed by atoms with Gasteiger partial charge in [0.05, 0.1) is 4.90 Å². The van der Waals surface area contributed by atoms with Crippen molar-refractivity contribution in [2.24, 2.45) is 5.14 Å². The first-order chi connectivity index (χ1) is 9.90. The van der Waals surface area contributed by atoms with Crippen molar-refractivity contribution in [2.75, 3.05) is 6.54 Å². The lowest BCUT2D eigenvalue weighted by molar-refractivity contribution is 0.0952. The summed E-state index contributed by atoms with van der Waals surface area (Å²) < 4.78 is 22.8. The van der Waals surface area contributed by atoms with Crippen LogP contribution < -0.4 is 10.5 Å². The van der Waals surface area contributed by atoms with Crippen LogP contribution >= 0.6 is 0 Å². The smallest absolute Gasteiger partial charge is 0.251 e. The van der Waals surface area contributed by atoms with Crippen LogP contribution in [0.1, 0.15) is 55.5 Å². The molecule has 0 aliphatic rings. The summed E-state index contributed by atoms with van der Waals surface area (Å²) in [6, 6.07) is 4.44. The standard InChI is InChI=1S/C15H24N2O3S/c1-3-5-6-7-10-17-15(18)14-11-13(21(16,19)20)9-8-12(14)4-2/h8-9,11H,3-7,10H2,1-2H3,(H,17,18)(H2,16,19,20). The number of hydrogen-bond donors (Lipinski definition) is 2. The number of amides is 1. The van der Waals surface area contributed by atoms with Gasteiger partial charge in [0, 0.05) is 12.1 Å². The summed E-state index contributed by atoms with van der Waals surface area (Å²) in [6.07, 6.45) is 4.95. The molecule has 0 aromatic heterocycles. The van der Waals surface area contributed by atoms with Gasteiger partial charge in [-0.05, 0) is 30.5 Å². The fourth-order valence-corrected chi connectivity index (χ4v) is 2.64. The topological polar surface area (TPSA) is 89.3 Å². The monoisotopic (exact) mass is 312 g/mol. The van der Waals surface area contributed by atoms with Crippen molar-refractivity contribution >= 4 is 15.9 Å². The number of carbonyl (C=O) groups is 1. The molecule has 0 atom stereocenters. The Morgan fingerprint density at radius 1 is 1.19 bits per heavy atom. The van der Waals surface area contributed by atoms with Crippen LogP contribution in [0.15, 0.2) is 23.1 Å². The summed E-state index contributed by atoms with van der Waals surface area (Å²) in [6.45, 7) is 4.65. The second-order valence-electron chi connectivity index (χ2n) is 5.03. The van der Waals surface area contributed by atoms with E-state index in [9.17, 15) is 13.2 Å². The Hall–Kier alpha value is -1.40. The summed E-state index contributed by atoms with van der Waals surface area (Å²) in [5, 5.41) is 7.95. The van der Waals surface area contributed by atoms with E-state index in [0.717, 1.165) is 31.2 Å². The van der Waals surface area contributed by atoms with Crippen molar-refractivity contribution in [3.63, 3.8) is 0 Å². The van der Waals surface area contributed by atoms with Crippen LogP contribution in [0.25, 0.3) is 0 Å². The minimum Gasteiger partial charge on any atom is -0.352 e. The van der Waals surface area contributed by atoms with Crippen molar-refractivity contribution < 1.29 is 13.2 Å². The Bertz CT molecular complexity index is 583. The molecule has 21 heavy (non-hydrogen) atoms. The van der Waals surface area contributed by atoms with Crippen LogP contribution in [0.5, 0.6) is 0 Å². The van der Waals surface area contributed by atoms with Crippen LogP contribution in [-0.2, 0) is 16.4 Å². The van der Waals surface area contributed by atoms with Crippen molar-refractivity contribution in [1.82, 2.24) is 5.32 Å². The number of rotatable bonds is 8. The van der Waals surface area contributed by atoms with Gasteiger partial charge >= 0.3 is 0 Å². The fraction of sp³-hybridized carbons (Fsp3) is 0.533. The molecule has 0 spiro atoms. The number of sulfonamides is 1. The minimum atomic E-state index is -3.80. The van der Waals surface area contributed by atoms with Gasteiger partial charge in [-0.3, -0.25) is 4.79 Å². The first-order valence-electron chi connectivity index (χ1n) is 7.34. The van der Waals surface area contributed by atoms with Crippen molar-refractivity contribution in [3.05, 3.63) is 29.3 Å². The van der Waals surface area contributed by atoms with Gasteiger partial charge in [-0.2, -0.15) is 0 Å². The zero-order valence-electron chi connectivity index (χ0n) is 12.7. The minimum absolute atomic E-state index is 0.0316. The molecule has 0 saturated heterocycles. The summed E-state index contributed by atoms with van der Waals surface area (Å²) in [5.41, 5.74) is 1.20. The van der Waals surface area contributed by atoms with Crippen LogP contribution in [0, 0.1) is 0 Å². The maximum Gasteiger partial charge on any atom is 0.251 e. The van der Waals surface area contributed by atoms with E-state index in [1.165, 1.54) is 12.1 Å². The highest BCUT2D eigenvalue weighted by Crippen LogP contribution is 2.16. The average Bonchev–Trinajstić information content (AvgIpc) is 2.45. The molecule has 0 saturated carbocycles. The molecule has 0 bridgehead atoms. The third-order valence-corrected chi connectivity index (χ3v) is 4.26. The predicted molar refractivity (Wildman–Crippen MR) is 83.7 cm³/mol. The van der Waals surface area contributed by atoms with Gasteiger partial charge < -0.3 is 5.32 Å².